The van der Waals surface area contributed by atoms with Crippen LogP contribution in [0.4, 0.5) is 10.1 Å². The number of nitrogens with one attached hydrogen (secondary N) is 1. The van der Waals surface area contributed by atoms with E-state index < -0.39 is 5.82 Å². The van der Waals surface area contributed by atoms with Crippen molar-refractivity contribution >= 4 is 33.4 Å². The maximum atomic E-state index is 13.5. The smallest absolute Gasteiger partial charge is 0.344 e. The average molecular weight is 345 g/mol. The molecular weight excluding hydrogens is 335 g/mol. The van der Waals surface area contributed by atoms with Crippen LogP contribution in [0.25, 0.3) is 0 Å². The van der Waals surface area contributed by atoms with E-state index in [0.717, 1.165) is 12.8 Å². The number of H-pyrrole nitrogens is 1. The number of rotatable bonds is 3. The predicted molar refractivity (Wildman–Crippen MR) is 73.8 cm³/mol. The van der Waals surface area contributed by atoms with E-state index in [4.69, 9.17) is 5.73 Å². The van der Waals surface area contributed by atoms with Crippen LogP contribution in [0.3, 0.4) is 0 Å². The van der Waals surface area contributed by atoms with Gasteiger partial charge in [0.2, 0.25) is 0 Å². The minimum atomic E-state index is -0.396. The molecule has 0 aliphatic heterocycles. The first kappa shape index (κ1) is 12.7. The lowest BCUT2D eigenvalue weighted by atomic mass is 10.3. The van der Waals surface area contributed by atoms with Gasteiger partial charge in [0.1, 0.15) is 5.82 Å². The van der Waals surface area contributed by atoms with Crippen molar-refractivity contribution in [3.8, 4) is 0 Å². The van der Waals surface area contributed by atoms with Gasteiger partial charge in [-0.3, -0.25) is 4.57 Å². The largest absolute Gasteiger partial charge is 0.398 e. The molecule has 2 aromatic rings. The fourth-order valence-electron chi connectivity index (χ4n) is 1.75. The van der Waals surface area contributed by atoms with Gasteiger partial charge < -0.3 is 5.73 Å². The molecule has 1 aliphatic carbocycles. The highest BCUT2D eigenvalue weighted by atomic mass is 79.9. The zero-order chi connectivity index (χ0) is 13.6. The molecule has 1 aliphatic rings. The second-order valence-corrected chi connectivity index (χ2v) is 6.18. The number of benzene rings is 1. The van der Waals surface area contributed by atoms with Crippen molar-refractivity contribution in [2.45, 2.75) is 28.9 Å². The molecule has 100 valence electrons. The molecule has 1 aromatic carbocycles. The summed E-state index contributed by atoms with van der Waals surface area (Å²) < 4.78 is 15.4. The molecule has 1 aromatic heterocycles. The van der Waals surface area contributed by atoms with Crippen LogP contribution in [0.1, 0.15) is 18.9 Å². The summed E-state index contributed by atoms with van der Waals surface area (Å²) in [7, 11) is 0. The van der Waals surface area contributed by atoms with Gasteiger partial charge >= 0.3 is 5.69 Å². The topological polar surface area (TPSA) is 76.7 Å². The van der Waals surface area contributed by atoms with Gasteiger partial charge in [-0.05, 0) is 52.7 Å². The number of aromatic nitrogens is 3. The summed E-state index contributed by atoms with van der Waals surface area (Å²) in [6.45, 7) is 0. The molecule has 0 amide bonds. The van der Waals surface area contributed by atoms with Crippen LogP contribution in [-0.4, -0.2) is 14.8 Å². The molecule has 8 heteroatoms. The van der Waals surface area contributed by atoms with Gasteiger partial charge in [0, 0.05) is 16.6 Å². The van der Waals surface area contributed by atoms with Gasteiger partial charge in [0.05, 0.1) is 4.47 Å². The maximum Gasteiger partial charge on any atom is 0.344 e. The first-order chi connectivity index (χ1) is 9.06. The molecule has 0 spiro atoms. The number of nitrogens with zero attached hydrogens (tertiary/aromatic N) is 2. The summed E-state index contributed by atoms with van der Waals surface area (Å²) in [4.78, 5) is 12.2. The number of aromatic amines is 1. The van der Waals surface area contributed by atoms with Crippen LogP contribution in [0.5, 0.6) is 0 Å². The molecule has 1 saturated carbocycles. The standard InChI is InChI=1S/C11H10BrFN4OS/c12-6-3-8(14)9(4-7(6)13)19-11-16-15-10(18)17(11)5-1-2-5/h3-5H,1-2,14H2,(H,15,18). The van der Waals surface area contributed by atoms with Gasteiger partial charge in [0.15, 0.2) is 5.16 Å². The third kappa shape index (κ3) is 2.42. The lowest BCUT2D eigenvalue weighted by molar-refractivity contribution is 0.617. The van der Waals surface area contributed by atoms with E-state index in [9.17, 15) is 9.18 Å². The Labute approximate surface area is 120 Å². The SMILES string of the molecule is Nc1cc(Br)c(F)cc1Sc1n[nH]c(=O)n1C1CC1. The Balaban J connectivity index is 1.98. The molecular formula is C11H10BrFN4OS. The number of halogens is 2. The normalized spacial score (nSPS) is 14.8. The zero-order valence-electron chi connectivity index (χ0n) is 9.69. The Morgan fingerprint density at radius 3 is 2.95 bits per heavy atom. The van der Waals surface area contributed by atoms with Crippen molar-refractivity contribution < 1.29 is 4.39 Å². The molecule has 0 unspecified atom stereocenters. The Morgan fingerprint density at radius 1 is 1.53 bits per heavy atom. The summed E-state index contributed by atoms with van der Waals surface area (Å²) >= 11 is 4.26. The van der Waals surface area contributed by atoms with E-state index in [0.29, 0.717) is 20.2 Å². The lowest BCUT2D eigenvalue weighted by Crippen LogP contribution is -2.16. The molecule has 3 rings (SSSR count). The summed E-state index contributed by atoms with van der Waals surface area (Å²) in [6, 6.07) is 3.04. The van der Waals surface area contributed by atoms with E-state index in [1.54, 1.807) is 4.57 Å². The van der Waals surface area contributed by atoms with E-state index in [1.165, 1.54) is 23.9 Å². The lowest BCUT2D eigenvalue weighted by Gasteiger charge is -2.07. The third-order valence-corrected chi connectivity index (χ3v) is 4.49. The van der Waals surface area contributed by atoms with Gasteiger partial charge in [-0.1, -0.05) is 0 Å². The minimum absolute atomic E-state index is 0.204. The van der Waals surface area contributed by atoms with E-state index >= 15 is 0 Å². The van der Waals surface area contributed by atoms with Gasteiger partial charge in [-0.15, -0.1) is 5.10 Å². The summed E-state index contributed by atoms with van der Waals surface area (Å²) in [6.07, 6.45) is 1.94. The van der Waals surface area contributed by atoms with Crippen molar-refractivity contribution in [3.63, 3.8) is 0 Å². The molecule has 0 bridgehead atoms. The maximum absolute atomic E-state index is 13.5. The minimum Gasteiger partial charge on any atom is -0.398 e. The van der Waals surface area contributed by atoms with E-state index in [-0.39, 0.29) is 11.7 Å². The Kier molecular flexibility index (Phi) is 3.14. The highest BCUT2D eigenvalue weighted by Gasteiger charge is 2.29. The molecule has 19 heavy (non-hydrogen) atoms. The summed E-state index contributed by atoms with van der Waals surface area (Å²) in [5, 5.41) is 6.90. The van der Waals surface area contributed by atoms with Gasteiger partial charge in [0.25, 0.3) is 0 Å². The monoisotopic (exact) mass is 344 g/mol. The first-order valence-corrected chi connectivity index (χ1v) is 7.26. The molecule has 1 fully saturated rings. The fourth-order valence-corrected chi connectivity index (χ4v) is 3.07. The second-order valence-electron chi connectivity index (χ2n) is 4.32. The predicted octanol–water partition coefficient (Wildman–Crippen LogP) is 2.54. The molecule has 5 nitrogen and oxygen atoms in total. The Morgan fingerprint density at radius 2 is 2.26 bits per heavy atom. The van der Waals surface area contributed by atoms with Crippen LogP contribution in [0.2, 0.25) is 0 Å². The van der Waals surface area contributed by atoms with E-state index in [1.807, 2.05) is 0 Å². The highest BCUT2D eigenvalue weighted by molar-refractivity contribution is 9.10. The van der Waals surface area contributed by atoms with Crippen LogP contribution in [0, 0.1) is 5.82 Å². The van der Waals surface area contributed by atoms with Crippen LogP contribution < -0.4 is 11.4 Å². The highest BCUT2D eigenvalue weighted by Crippen LogP contribution is 2.39. The number of nitrogen functional groups attached to an aromatic ring is 1. The van der Waals surface area contributed by atoms with Crippen molar-refractivity contribution in [1.82, 2.24) is 14.8 Å². The molecule has 1 heterocycles. The first-order valence-electron chi connectivity index (χ1n) is 5.65. The summed E-state index contributed by atoms with van der Waals surface area (Å²) in [5.41, 5.74) is 6.05. The fraction of sp³-hybridized carbons (Fsp3) is 0.273. The average Bonchev–Trinajstić information content (AvgIpc) is 3.12. The molecule has 0 atom stereocenters. The number of anilines is 1. The third-order valence-electron chi connectivity index (χ3n) is 2.84. The summed E-state index contributed by atoms with van der Waals surface area (Å²) in [5.74, 6) is -0.396. The Bertz CT molecular complexity index is 694. The second kappa shape index (κ2) is 4.68. The molecule has 3 N–H and O–H groups in total. The van der Waals surface area contributed by atoms with Crippen LogP contribution >= 0.6 is 27.7 Å². The van der Waals surface area contributed by atoms with Crippen LogP contribution in [0.15, 0.2) is 31.5 Å². The van der Waals surface area contributed by atoms with Crippen molar-refractivity contribution in [2.75, 3.05) is 5.73 Å². The van der Waals surface area contributed by atoms with Crippen molar-refractivity contribution in [2.24, 2.45) is 0 Å². The van der Waals surface area contributed by atoms with Gasteiger partial charge in [-0.2, -0.15) is 0 Å². The zero-order valence-corrected chi connectivity index (χ0v) is 12.1. The molecule has 0 radical (unpaired) electrons. The molecule has 0 saturated heterocycles. The van der Waals surface area contributed by atoms with E-state index in [2.05, 4.69) is 26.1 Å². The number of hydrogen-bond acceptors (Lipinski definition) is 4. The number of nitrogens with two attached hydrogens (primary N) is 1. The quantitative estimate of drug-likeness (QED) is 0.839. The van der Waals surface area contributed by atoms with Crippen molar-refractivity contribution in [3.05, 3.63) is 32.9 Å². The van der Waals surface area contributed by atoms with Crippen LogP contribution in [-0.2, 0) is 0 Å². The van der Waals surface area contributed by atoms with Gasteiger partial charge in [-0.25, -0.2) is 14.3 Å². The number of hydrogen-bond donors (Lipinski definition) is 2. The Hall–Kier alpha value is -1.28. The van der Waals surface area contributed by atoms with Crippen molar-refractivity contribution in [1.29, 1.82) is 0 Å².